The van der Waals surface area contributed by atoms with Gasteiger partial charge < -0.3 is 9.64 Å². The van der Waals surface area contributed by atoms with Crippen LogP contribution in [-0.4, -0.2) is 37.1 Å². The first-order valence-electron chi connectivity index (χ1n) is 6.68. The molecule has 3 heteroatoms. The highest BCUT2D eigenvalue weighted by Crippen LogP contribution is 2.23. The summed E-state index contributed by atoms with van der Waals surface area (Å²) in [5, 5.41) is 0. The van der Waals surface area contributed by atoms with E-state index in [4.69, 9.17) is 4.74 Å². The Morgan fingerprint density at radius 2 is 1.94 bits per heavy atom. The molecule has 0 spiro atoms. The van der Waals surface area contributed by atoms with Gasteiger partial charge in [0.25, 0.3) is 0 Å². The molecule has 3 nitrogen and oxygen atoms in total. The smallest absolute Gasteiger partial charge is 0.311 e. The van der Waals surface area contributed by atoms with Crippen LogP contribution < -0.4 is 0 Å². The second kappa shape index (κ2) is 7.70. The lowest BCUT2D eigenvalue weighted by atomic mass is 9.88. The molecule has 0 aromatic heterocycles. The summed E-state index contributed by atoms with van der Waals surface area (Å²) < 4.78 is 5.32. The first-order valence-corrected chi connectivity index (χ1v) is 6.68. The molecule has 0 radical (unpaired) electrons. The van der Waals surface area contributed by atoms with Crippen LogP contribution in [0.4, 0.5) is 0 Å². The molecule has 0 saturated carbocycles. The Hall–Kier alpha value is -0.570. The summed E-state index contributed by atoms with van der Waals surface area (Å²) in [6.07, 6.45) is 2.80. The molecule has 102 valence electrons. The molecule has 0 unspecified atom stereocenters. The number of ether oxygens (including phenoxy) is 1. The maximum atomic E-state index is 11.8. The minimum Gasteiger partial charge on any atom is -0.465 e. The van der Waals surface area contributed by atoms with E-state index in [0.29, 0.717) is 12.6 Å². The molecule has 0 atom stereocenters. The number of carbonyl (C=O) groups excluding carboxylic acids is 1. The summed E-state index contributed by atoms with van der Waals surface area (Å²) in [5.41, 5.74) is -0.335. The van der Waals surface area contributed by atoms with Crippen LogP contribution in [0.15, 0.2) is 0 Å². The molecule has 0 bridgehead atoms. The lowest BCUT2D eigenvalue weighted by Gasteiger charge is -2.23. The highest BCUT2D eigenvalue weighted by Gasteiger charge is 2.27. The van der Waals surface area contributed by atoms with Gasteiger partial charge in [-0.05, 0) is 47.6 Å². The molecule has 0 fully saturated rings. The fourth-order valence-corrected chi connectivity index (χ4v) is 1.66. The maximum absolute atomic E-state index is 11.8. The third-order valence-corrected chi connectivity index (χ3v) is 3.20. The van der Waals surface area contributed by atoms with E-state index in [2.05, 4.69) is 32.7 Å². The lowest BCUT2D eigenvalue weighted by molar-refractivity contribution is -0.154. The highest BCUT2D eigenvalue weighted by atomic mass is 16.5. The van der Waals surface area contributed by atoms with E-state index in [1.807, 2.05) is 13.8 Å². The summed E-state index contributed by atoms with van der Waals surface area (Å²) in [6, 6.07) is 0.544. The Morgan fingerprint density at radius 3 is 2.41 bits per heavy atom. The van der Waals surface area contributed by atoms with Gasteiger partial charge in [0, 0.05) is 12.6 Å². The molecular weight excluding hydrogens is 214 g/mol. The van der Waals surface area contributed by atoms with Gasteiger partial charge >= 0.3 is 5.97 Å². The third kappa shape index (κ3) is 6.67. The zero-order chi connectivity index (χ0) is 13.5. The van der Waals surface area contributed by atoms with Crippen molar-refractivity contribution in [3.63, 3.8) is 0 Å². The Balaban J connectivity index is 3.79. The molecule has 0 N–H and O–H groups in total. The van der Waals surface area contributed by atoms with Gasteiger partial charge in [-0.3, -0.25) is 4.79 Å². The van der Waals surface area contributed by atoms with Crippen LogP contribution >= 0.6 is 0 Å². The van der Waals surface area contributed by atoms with Crippen LogP contribution in [0.25, 0.3) is 0 Å². The van der Waals surface area contributed by atoms with Crippen molar-refractivity contribution in [2.24, 2.45) is 5.41 Å². The van der Waals surface area contributed by atoms with E-state index in [1.54, 1.807) is 0 Å². The predicted molar refractivity (Wildman–Crippen MR) is 72.0 cm³/mol. The van der Waals surface area contributed by atoms with Crippen molar-refractivity contribution in [2.45, 2.75) is 59.9 Å². The minimum absolute atomic E-state index is 0.0634. The molecule has 0 amide bonds. The normalized spacial score (nSPS) is 12.2. The SMILES string of the molecule is CCCC(C)(C)C(=O)OCCCN(C)C(C)C. The first kappa shape index (κ1) is 16.4. The fourth-order valence-electron chi connectivity index (χ4n) is 1.66. The quantitative estimate of drug-likeness (QED) is 0.484. The molecule has 0 heterocycles. The lowest BCUT2D eigenvalue weighted by Crippen LogP contribution is -2.30. The number of rotatable bonds is 8. The minimum atomic E-state index is -0.335. The molecule has 0 rings (SSSR count). The summed E-state index contributed by atoms with van der Waals surface area (Å²) >= 11 is 0. The van der Waals surface area contributed by atoms with Crippen molar-refractivity contribution in [3.8, 4) is 0 Å². The summed E-state index contributed by atoms with van der Waals surface area (Å²) in [5.74, 6) is -0.0634. The topological polar surface area (TPSA) is 29.5 Å². The van der Waals surface area contributed by atoms with Gasteiger partial charge in [0.2, 0.25) is 0 Å². The van der Waals surface area contributed by atoms with Crippen molar-refractivity contribution in [2.75, 3.05) is 20.2 Å². The number of esters is 1. The van der Waals surface area contributed by atoms with Crippen LogP contribution in [0.2, 0.25) is 0 Å². The van der Waals surface area contributed by atoms with E-state index in [-0.39, 0.29) is 11.4 Å². The second-order valence-corrected chi connectivity index (χ2v) is 5.70. The number of carbonyl (C=O) groups is 1. The first-order chi connectivity index (χ1) is 7.81. The van der Waals surface area contributed by atoms with E-state index in [1.165, 1.54) is 0 Å². The predicted octanol–water partition coefficient (Wildman–Crippen LogP) is 3.09. The molecule has 0 aliphatic rings. The molecule has 0 saturated heterocycles. The van der Waals surface area contributed by atoms with Gasteiger partial charge in [0.05, 0.1) is 12.0 Å². The van der Waals surface area contributed by atoms with Crippen molar-refractivity contribution in [3.05, 3.63) is 0 Å². The van der Waals surface area contributed by atoms with E-state index in [9.17, 15) is 4.79 Å². The summed E-state index contributed by atoms with van der Waals surface area (Å²) in [7, 11) is 2.09. The maximum Gasteiger partial charge on any atom is 0.311 e. The molecule has 0 aliphatic heterocycles. The van der Waals surface area contributed by atoms with Crippen molar-refractivity contribution < 1.29 is 9.53 Å². The molecule has 0 aromatic carbocycles. The molecule has 17 heavy (non-hydrogen) atoms. The average Bonchev–Trinajstić information content (AvgIpc) is 2.23. The van der Waals surface area contributed by atoms with Crippen molar-refractivity contribution in [1.29, 1.82) is 0 Å². The van der Waals surface area contributed by atoms with Gasteiger partial charge in [-0.2, -0.15) is 0 Å². The average molecular weight is 243 g/mol. The van der Waals surface area contributed by atoms with Crippen molar-refractivity contribution >= 4 is 5.97 Å². The van der Waals surface area contributed by atoms with E-state index < -0.39 is 0 Å². The number of nitrogens with zero attached hydrogens (tertiary/aromatic N) is 1. The van der Waals surface area contributed by atoms with Crippen molar-refractivity contribution in [1.82, 2.24) is 4.90 Å². The van der Waals surface area contributed by atoms with Gasteiger partial charge in [-0.15, -0.1) is 0 Å². The molecular formula is C14H29NO2. The van der Waals surface area contributed by atoms with Gasteiger partial charge in [0.15, 0.2) is 0 Å². The fraction of sp³-hybridized carbons (Fsp3) is 0.929. The second-order valence-electron chi connectivity index (χ2n) is 5.70. The largest absolute Gasteiger partial charge is 0.465 e. The Morgan fingerprint density at radius 1 is 1.35 bits per heavy atom. The third-order valence-electron chi connectivity index (χ3n) is 3.20. The van der Waals surface area contributed by atoms with Crippen LogP contribution in [0.5, 0.6) is 0 Å². The number of hydrogen-bond acceptors (Lipinski definition) is 3. The number of hydrogen-bond donors (Lipinski definition) is 0. The zero-order valence-corrected chi connectivity index (χ0v) is 12.4. The van der Waals surface area contributed by atoms with Crippen LogP contribution in [0.1, 0.15) is 53.9 Å². The van der Waals surface area contributed by atoms with Crippen LogP contribution in [0.3, 0.4) is 0 Å². The zero-order valence-electron chi connectivity index (χ0n) is 12.4. The standard InChI is InChI=1S/C14H29NO2/c1-7-9-14(4,5)13(16)17-11-8-10-15(6)12(2)3/h12H,7-11H2,1-6H3. The summed E-state index contributed by atoms with van der Waals surface area (Å²) in [6.45, 7) is 11.8. The monoisotopic (exact) mass is 243 g/mol. The Kier molecular flexibility index (Phi) is 7.44. The van der Waals surface area contributed by atoms with Gasteiger partial charge in [0.1, 0.15) is 0 Å². The Labute approximate surface area is 107 Å². The van der Waals surface area contributed by atoms with Gasteiger partial charge in [-0.1, -0.05) is 13.3 Å². The molecule has 0 aliphatic carbocycles. The van der Waals surface area contributed by atoms with Crippen LogP contribution in [-0.2, 0) is 9.53 Å². The Bertz CT molecular complexity index is 224. The summed E-state index contributed by atoms with van der Waals surface area (Å²) in [4.78, 5) is 14.1. The van der Waals surface area contributed by atoms with E-state index >= 15 is 0 Å². The van der Waals surface area contributed by atoms with Crippen LogP contribution in [0, 0.1) is 5.41 Å². The molecule has 0 aromatic rings. The van der Waals surface area contributed by atoms with Gasteiger partial charge in [-0.25, -0.2) is 0 Å². The highest BCUT2D eigenvalue weighted by molar-refractivity contribution is 5.75. The van der Waals surface area contributed by atoms with E-state index in [0.717, 1.165) is 25.8 Å².